The van der Waals surface area contributed by atoms with E-state index in [1.54, 1.807) is 20.8 Å². The molecule has 19 heteroatoms. The molecule has 1 aliphatic carbocycles. The number of nitrogens with one attached hydrogen (secondary N) is 6. The van der Waals surface area contributed by atoms with Crippen molar-refractivity contribution >= 4 is 29.7 Å². The zero-order valence-electron chi connectivity index (χ0n) is 29.4. The third-order valence-corrected chi connectivity index (χ3v) is 7.91. The molecule has 1 aromatic rings. The highest BCUT2D eigenvalue weighted by Gasteiger charge is 2.55. The van der Waals surface area contributed by atoms with Crippen LogP contribution in [0.15, 0.2) is 24.4 Å². The third-order valence-electron chi connectivity index (χ3n) is 7.91. The Morgan fingerprint density at radius 2 is 1.49 bits per heavy atom. The van der Waals surface area contributed by atoms with Crippen LogP contribution < -0.4 is 26.7 Å². The van der Waals surface area contributed by atoms with Gasteiger partial charge in [0.25, 0.3) is 5.91 Å². The fraction of sp³-hybridized carbons (Fsp3) is 0.594. The predicted octanol–water partition coefficient (Wildman–Crippen LogP) is 2.99. The van der Waals surface area contributed by atoms with Crippen molar-refractivity contribution in [2.24, 2.45) is 10.8 Å². The zero-order chi connectivity index (χ0) is 38.9. The fourth-order valence-electron chi connectivity index (χ4n) is 4.49. The number of allylic oxidation sites excluding steroid dienone is 1. The molecule has 286 valence electrons. The highest BCUT2D eigenvalue weighted by Crippen LogP contribution is 2.40. The Morgan fingerprint density at radius 3 is 1.96 bits per heavy atom. The number of aliphatic hydroxyl groups excluding tert-OH is 1. The summed E-state index contributed by atoms with van der Waals surface area (Å²) in [5.74, 6) is -4.45. The van der Waals surface area contributed by atoms with Gasteiger partial charge < -0.3 is 41.3 Å². The van der Waals surface area contributed by atoms with Crippen LogP contribution in [0.4, 0.5) is 31.5 Å². The van der Waals surface area contributed by atoms with Crippen LogP contribution in [-0.2, 0) is 25.6 Å². The molecule has 0 aromatic heterocycles. The summed E-state index contributed by atoms with van der Waals surface area (Å²) in [4.78, 5) is 50.1. The van der Waals surface area contributed by atoms with Crippen molar-refractivity contribution in [3.8, 4) is 0 Å². The van der Waals surface area contributed by atoms with Crippen LogP contribution in [0, 0.1) is 27.9 Å². The average molecular weight is 736 g/mol. The molecule has 1 saturated carbocycles. The number of hydrogen-bond acceptors (Lipinski definition) is 10. The van der Waals surface area contributed by atoms with E-state index in [-0.39, 0.29) is 11.3 Å². The van der Waals surface area contributed by atoms with Crippen LogP contribution in [-0.4, -0.2) is 97.5 Å². The molecule has 0 radical (unpaired) electrons. The van der Waals surface area contributed by atoms with Gasteiger partial charge in [-0.1, -0.05) is 20.8 Å². The number of hydrazine groups is 1. The van der Waals surface area contributed by atoms with Crippen molar-refractivity contribution in [3.05, 3.63) is 47.2 Å². The van der Waals surface area contributed by atoms with Crippen molar-refractivity contribution < 1.29 is 55.7 Å². The minimum Gasteiger partial charge on any atom is -0.453 e. The summed E-state index contributed by atoms with van der Waals surface area (Å²) in [6.07, 6.45) is -4.15. The number of ether oxygens (including phenoxy) is 2. The molecule has 51 heavy (non-hydrogen) atoms. The van der Waals surface area contributed by atoms with Crippen LogP contribution in [0.2, 0.25) is 0 Å². The molecular formula is C32H46F5N7O7. The second-order valence-electron chi connectivity index (χ2n) is 13.6. The van der Waals surface area contributed by atoms with E-state index in [1.165, 1.54) is 12.3 Å². The summed E-state index contributed by atoms with van der Waals surface area (Å²) >= 11 is 0. The van der Waals surface area contributed by atoms with Gasteiger partial charge in [0.1, 0.15) is 23.7 Å². The fourth-order valence-corrected chi connectivity index (χ4v) is 4.49. The normalized spacial score (nSPS) is 15.4. The molecule has 1 unspecified atom stereocenters. The molecule has 0 saturated heterocycles. The van der Waals surface area contributed by atoms with Gasteiger partial charge in [0.2, 0.25) is 5.91 Å². The summed E-state index contributed by atoms with van der Waals surface area (Å²) < 4.78 is 81.0. The second kappa shape index (κ2) is 17.6. The largest absolute Gasteiger partial charge is 0.453 e. The van der Waals surface area contributed by atoms with Gasteiger partial charge in [-0.25, -0.2) is 23.4 Å². The van der Waals surface area contributed by atoms with Gasteiger partial charge in [-0.2, -0.15) is 13.2 Å². The van der Waals surface area contributed by atoms with Crippen molar-refractivity contribution in [2.45, 2.75) is 84.4 Å². The first kappa shape index (κ1) is 42.6. The highest BCUT2D eigenvalue weighted by molar-refractivity contribution is 6.06. The minimum absolute atomic E-state index is 0.0899. The van der Waals surface area contributed by atoms with Crippen LogP contribution in [0.25, 0.3) is 0 Å². The molecule has 4 amide bonds. The van der Waals surface area contributed by atoms with Crippen LogP contribution >= 0.6 is 0 Å². The molecule has 1 fully saturated rings. The lowest BCUT2D eigenvalue weighted by atomic mass is 9.83. The van der Waals surface area contributed by atoms with E-state index in [2.05, 4.69) is 30.8 Å². The smallest absolute Gasteiger partial charge is 0.407 e. The maximum absolute atomic E-state index is 15.4. The Morgan fingerprint density at radius 1 is 0.961 bits per heavy atom. The summed E-state index contributed by atoms with van der Waals surface area (Å²) in [7, 11) is 1.95. The van der Waals surface area contributed by atoms with E-state index in [9.17, 15) is 37.5 Å². The molecule has 1 aliphatic rings. The monoisotopic (exact) mass is 735 g/mol. The van der Waals surface area contributed by atoms with Crippen LogP contribution in [0.1, 0.15) is 58.6 Å². The lowest BCUT2D eigenvalue weighted by Crippen LogP contribution is -2.60. The Bertz CT molecular complexity index is 1440. The number of hydrogen-bond donors (Lipinski definition) is 7. The average Bonchev–Trinajstić information content (AvgIpc) is 3.85. The van der Waals surface area contributed by atoms with Gasteiger partial charge in [0, 0.05) is 36.8 Å². The minimum atomic E-state index is -4.97. The van der Waals surface area contributed by atoms with Crippen molar-refractivity contribution in [2.75, 3.05) is 27.3 Å². The second-order valence-corrected chi connectivity index (χ2v) is 13.6. The van der Waals surface area contributed by atoms with Crippen molar-refractivity contribution in [3.63, 3.8) is 0 Å². The van der Waals surface area contributed by atoms with E-state index in [0.29, 0.717) is 19.9 Å². The number of rotatable bonds is 16. The van der Waals surface area contributed by atoms with E-state index in [1.807, 2.05) is 5.32 Å². The van der Waals surface area contributed by atoms with Gasteiger partial charge in [-0.05, 0) is 56.5 Å². The number of nitrogens with zero attached hydrogens (tertiary/aromatic N) is 1. The van der Waals surface area contributed by atoms with Crippen LogP contribution in [0.3, 0.4) is 0 Å². The van der Waals surface area contributed by atoms with Gasteiger partial charge in [-0.15, -0.1) is 0 Å². The lowest BCUT2D eigenvalue weighted by molar-refractivity contribution is -0.220. The molecular weight excluding hydrogens is 689 g/mol. The number of benzene rings is 1. The Balaban J connectivity index is 2.35. The summed E-state index contributed by atoms with van der Waals surface area (Å²) in [5.41, 5.74) is -2.23. The lowest BCUT2D eigenvalue weighted by Gasteiger charge is -2.35. The molecule has 0 bridgehead atoms. The molecule has 0 aliphatic heterocycles. The van der Waals surface area contributed by atoms with E-state index in [0.717, 1.165) is 44.2 Å². The SMILES string of the molecule is COC(=O)NC(C(=O)NC[C@@H](O)CN(Cc1c(F)cc(C(=N)/C=C\NC2CC2)cc1F)NC(=O)[C@@H](NC(=O)OC)C(C)(C)C)C(C)(C)C(F)(F)F. The molecule has 14 nitrogen and oxygen atoms in total. The van der Waals surface area contributed by atoms with Gasteiger partial charge in [-0.3, -0.25) is 15.0 Å². The van der Waals surface area contributed by atoms with Crippen LogP contribution in [0.5, 0.6) is 0 Å². The Hall–Kier alpha value is -4.52. The quantitative estimate of drug-likeness (QED) is 0.0760. The Labute approximate surface area is 292 Å². The van der Waals surface area contributed by atoms with Gasteiger partial charge in [0.15, 0.2) is 0 Å². The van der Waals surface area contributed by atoms with E-state index in [4.69, 9.17) is 5.41 Å². The first-order chi connectivity index (χ1) is 23.5. The number of halogens is 5. The number of alkyl halides is 3. The number of carbonyl (C=O) groups excluding carboxylic acids is 4. The number of alkyl carbamates (subject to hydrolysis) is 2. The number of carbonyl (C=O) groups is 4. The number of amides is 4. The molecule has 1 aromatic carbocycles. The third kappa shape index (κ3) is 12.6. The molecule has 0 spiro atoms. The summed E-state index contributed by atoms with van der Waals surface area (Å²) in [6, 6.07) is -1.38. The first-order valence-corrected chi connectivity index (χ1v) is 15.8. The Kier molecular flexibility index (Phi) is 14.7. The standard InChI is InChI=1S/C32H46F5N7O7/c1-30(2,3)24(41-28(48)50-6)27(47)43-44(16-20-21(33)12-17(13-22(20)34)23(38)10-11-39-18-8-9-18)15-19(45)14-40-26(46)25(42-29(49)51-7)31(4,5)32(35,36)37/h10-13,18-19,24-25,38-39,45H,8-9,14-16H2,1-7H3,(H,40,46)(H,41,48)(H,42,49)(H,43,47)/b11-10-,38-23?/t19-,24-,25?/m1/s1. The number of aliphatic hydroxyl groups is 1. The molecule has 3 atom stereocenters. The highest BCUT2D eigenvalue weighted by atomic mass is 19.4. The maximum Gasteiger partial charge on any atom is 0.407 e. The predicted molar refractivity (Wildman–Crippen MR) is 174 cm³/mol. The zero-order valence-corrected chi connectivity index (χ0v) is 29.4. The summed E-state index contributed by atoms with van der Waals surface area (Å²) in [5, 5.41) is 29.2. The first-order valence-electron chi connectivity index (χ1n) is 15.8. The van der Waals surface area contributed by atoms with Gasteiger partial charge in [0.05, 0.1) is 31.5 Å². The van der Waals surface area contributed by atoms with Gasteiger partial charge >= 0.3 is 18.4 Å². The van der Waals surface area contributed by atoms with E-state index < -0.39 is 96.0 Å². The number of methoxy groups -OCH3 is 2. The summed E-state index contributed by atoms with van der Waals surface area (Å²) in [6.45, 7) is 4.01. The maximum atomic E-state index is 15.4. The van der Waals surface area contributed by atoms with Crippen molar-refractivity contribution in [1.29, 1.82) is 5.41 Å². The molecule has 2 rings (SSSR count). The topological polar surface area (TPSA) is 194 Å². The molecule has 0 heterocycles. The van der Waals surface area contributed by atoms with E-state index >= 15 is 8.78 Å². The molecule has 7 N–H and O–H groups in total. The van der Waals surface area contributed by atoms with Crippen molar-refractivity contribution in [1.82, 2.24) is 31.7 Å².